The second-order valence-corrected chi connectivity index (χ2v) is 8.48. The smallest absolute Gasteiger partial charge is 0.320 e. The molecular weight excluding hydrogens is 382 g/mol. The largest absolute Gasteiger partial charge is 0.484 e. The molecule has 2 aliphatic rings. The van der Waals surface area contributed by atoms with Crippen molar-refractivity contribution in [2.75, 3.05) is 26.2 Å². The molecule has 162 valence electrons. The Labute approximate surface area is 178 Å². The Morgan fingerprint density at radius 2 is 2.17 bits per heavy atom. The van der Waals surface area contributed by atoms with Crippen molar-refractivity contribution in [1.29, 1.82) is 5.26 Å². The molecule has 0 aliphatic carbocycles. The normalized spacial score (nSPS) is 22.4. The van der Waals surface area contributed by atoms with E-state index < -0.39 is 17.7 Å². The molecule has 0 N–H and O–H groups in total. The van der Waals surface area contributed by atoms with Gasteiger partial charge in [-0.05, 0) is 58.0 Å². The monoisotopic (exact) mass is 413 g/mol. The van der Waals surface area contributed by atoms with Crippen molar-refractivity contribution in [3.8, 4) is 11.8 Å². The molecule has 30 heavy (non-hydrogen) atoms. The fraction of sp³-hybridized carbons (Fsp3) is 0.609. The summed E-state index contributed by atoms with van der Waals surface area (Å²) in [5.74, 6) is 0.328. The summed E-state index contributed by atoms with van der Waals surface area (Å²) in [5, 5.41) is 9.37. The van der Waals surface area contributed by atoms with Gasteiger partial charge in [0.2, 0.25) is 5.91 Å². The van der Waals surface area contributed by atoms with Crippen LogP contribution in [-0.4, -0.2) is 59.6 Å². The van der Waals surface area contributed by atoms with Crippen LogP contribution in [0.2, 0.25) is 0 Å². The Bertz CT molecular complexity index is 845. The van der Waals surface area contributed by atoms with Crippen LogP contribution in [0.15, 0.2) is 18.2 Å². The fourth-order valence-electron chi connectivity index (χ4n) is 4.35. The van der Waals surface area contributed by atoms with Crippen molar-refractivity contribution in [3.63, 3.8) is 0 Å². The first-order valence-electron chi connectivity index (χ1n) is 10.7. The number of hydrogen-bond donors (Lipinski definition) is 0. The number of carbonyl (C=O) groups excluding carboxylic acids is 2. The van der Waals surface area contributed by atoms with Gasteiger partial charge in [-0.25, -0.2) is 0 Å². The molecule has 1 aromatic carbocycles. The summed E-state index contributed by atoms with van der Waals surface area (Å²) >= 11 is 0. The van der Waals surface area contributed by atoms with Gasteiger partial charge in [0.05, 0.1) is 18.2 Å². The predicted octanol–water partition coefficient (Wildman–Crippen LogP) is 3.04. The lowest BCUT2D eigenvalue weighted by Gasteiger charge is -2.47. The Morgan fingerprint density at radius 1 is 1.40 bits per heavy atom. The van der Waals surface area contributed by atoms with Crippen LogP contribution >= 0.6 is 0 Å². The van der Waals surface area contributed by atoms with Gasteiger partial charge in [0.15, 0.2) is 6.10 Å². The highest BCUT2D eigenvalue weighted by atomic mass is 16.6. The molecule has 2 unspecified atom stereocenters. The average Bonchev–Trinajstić information content (AvgIpc) is 3.13. The molecular formula is C23H31N3O4. The number of likely N-dealkylation sites (tertiary alicyclic amines) is 1. The summed E-state index contributed by atoms with van der Waals surface area (Å²) in [6.07, 6.45) is 1.53. The maximum absolute atomic E-state index is 12.8. The number of ether oxygens (including phenoxy) is 2. The summed E-state index contributed by atoms with van der Waals surface area (Å²) in [5.41, 5.74) is 0.382. The third-order valence-corrected chi connectivity index (χ3v) is 5.85. The molecule has 1 amide bonds. The molecule has 7 nitrogen and oxygen atoms in total. The van der Waals surface area contributed by atoms with Crippen LogP contribution < -0.4 is 4.74 Å². The van der Waals surface area contributed by atoms with Crippen LogP contribution in [0.25, 0.3) is 0 Å². The first-order chi connectivity index (χ1) is 14.3. The van der Waals surface area contributed by atoms with Gasteiger partial charge in [-0.15, -0.1) is 0 Å². The summed E-state index contributed by atoms with van der Waals surface area (Å²) in [6, 6.07) is 6.89. The zero-order valence-electron chi connectivity index (χ0n) is 18.3. The number of likely N-dealkylation sites (N-methyl/N-ethyl adjacent to an activating group) is 1. The highest BCUT2D eigenvalue weighted by molar-refractivity contribution is 5.79. The molecule has 0 spiro atoms. The van der Waals surface area contributed by atoms with E-state index in [2.05, 4.69) is 13.0 Å². The van der Waals surface area contributed by atoms with E-state index >= 15 is 0 Å². The summed E-state index contributed by atoms with van der Waals surface area (Å²) in [4.78, 5) is 29.3. The minimum absolute atomic E-state index is 0.0354. The lowest BCUT2D eigenvalue weighted by atomic mass is 9.84. The highest BCUT2D eigenvalue weighted by Crippen LogP contribution is 2.45. The standard InChI is InChI=1S/C23H31N3O4/c1-5-11-25(6-2)15-20(28)29-22-21(26-12-7-8-19(26)27)17-13-16(14-24)9-10-18(17)30-23(22,3)4/h9-10,13,21-22H,5-8,11-12,15H2,1-4H3. The molecule has 2 heterocycles. The van der Waals surface area contributed by atoms with Gasteiger partial charge in [-0.1, -0.05) is 13.8 Å². The molecule has 0 saturated carbocycles. The van der Waals surface area contributed by atoms with Gasteiger partial charge in [-0.3, -0.25) is 14.5 Å². The molecule has 2 atom stereocenters. The number of esters is 1. The van der Waals surface area contributed by atoms with E-state index in [1.165, 1.54) is 0 Å². The van der Waals surface area contributed by atoms with Gasteiger partial charge in [0, 0.05) is 18.5 Å². The van der Waals surface area contributed by atoms with E-state index in [1.807, 2.05) is 25.7 Å². The zero-order valence-corrected chi connectivity index (χ0v) is 18.3. The summed E-state index contributed by atoms with van der Waals surface area (Å²) < 4.78 is 12.2. The lowest BCUT2D eigenvalue weighted by Crippen LogP contribution is -2.56. The first-order valence-corrected chi connectivity index (χ1v) is 10.7. The number of fused-ring (bicyclic) bond motifs is 1. The maximum atomic E-state index is 12.8. The third kappa shape index (κ3) is 4.44. The zero-order chi connectivity index (χ0) is 21.9. The molecule has 1 aromatic rings. The fourth-order valence-corrected chi connectivity index (χ4v) is 4.35. The number of nitriles is 1. The minimum Gasteiger partial charge on any atom is -0.484 e. The van der Waals surface area contributed by atoms with Crippen LogP contribution in [0.3, 0.4) is 0 Å². The molecule has 2 aliphatic heterocycles. The summed E-state index contributed by atoms with van der Waals surface area (Å²) in [6.45, 7) is 10.2. The van der Waals surface area contributed by atoms with Crippen molar-refractivity contribution in [1.82, 2.24) is 9.80 Å². The van der Waals surface area contributed by atoms with E-state index in [0.717, 1.165) is 31.5 Å². The minimum atomic E-state index is -0.827. The number of nitrogens with zero attached hydrogens (tertiary/aromatic N) is 3. The molecule has 1 saturated heterocycles. The van der Waals surface area contributed by atoms with E-state index in [-0.39, 0.29) is 18.4 Å². The van der Waals surface area contributed by atoms with Crippen LogP contribution in [0, 0.1) is 11.3 Å². The predicted molar refractivity (Wildman–Crippen MR) is 112 cm³/mol. The van der Waals surface area contributed by atoms with Crippen LogP contribution in [-0.2, 0) is 14.3 Å². The van der Waals surface area contributed by atoms with Crippen molar-refractivity contribution in [2.24, 2.45) is 0 Å². The van der Waals surface area contributed by atoms with Crippen molar-refractivity contribution >= 4 is 11.9 Å². The second kappa shape index (κ2) is 9.05. The summed E-state index contributed by atoms with van der Waals surface area (Å²) in [7, 11) is 0. The number of rotatable bonds is 7. The number of carbonyl (C=O) groups is 2. The maximum Gasteiger partial charge on any atom is 0.320 e. The van der Waals surface area contributed by atoms with Gasteiger partial charge < -0.3 is 14.4 Å². The van der Waals surface area contributed by atoms with Gasteiger partial charge in [0.1, 0.15) is 17.4 Å². The Balaban J connectivity index is 1.96. The number of hydrogen-bond acceptors (Lipinski definition) is 6. The molecule has 1 fully saturated rings. The number of benzene rings is 1. The highest BCUT2D eigenvalue weighted by Gasteiger charge is 2.50. The first kappa shape index (κ1) is 22.1. The van der Waals surface area contributed by atoms with E-state index in [4.69, 9.17) is 9.47 Å². The van der Waals surface area contributed by atoms with Gasteiger partial charge >= 0.3 is 5.97 Å². The Kier molecular flexibility index (Phi) is 6.67. The molecule has 0 radical (unpaired) electrons. The quantitative estimate of drug-likeness (QED) is 0.639. The molecule has 3 rings (SSSR count). The van der Waals surface area contributed by atoms with E-state index in [9.17, 15) is 14.9 Å². The van der Waals surface area contributed by atoms with Crippen molar-refractivity contribution in [3.05, 3.63) is 29.3 Å². The SMILES string of the molecule is CCCN(CC)CC(=O)OC1C(N2CCCC2=O)c2cc(C#N)ccc2OC1(C)C. The van der Waals surface area contributed by atoms with Gasteiger partial charge in [-0.2, -0.15) is 5.26 Å². The lowest BCUT2D eigenvalue weighted by molar-refractivity contribution is -0.174. The van der Waals surface area contributed by atoms with Crippen LogP contribution in [0.5, 0.6) is 5.75 Å². The van der Waals surface area contributed by atoms with Crippen molar-refractivity contribution in [2.45, 2.75) is 64.7 Å². The van der Waals surface area contributed by atoms with E-state index in [0.29, 0.717) is 24.3 Å². The number of amides is 1. The van der Waals surface area contributed by atoms with Crippen LogP contribution in [0.1, 0.15) is 64.1 Å². The third-order valence-electron chi connectivity index (χ3n) is 5.85. The Morgan fingerprint density at radius 3 is 2.77 bits per heavy atom. The van der Waals surface area contributed by atoms with Gasteiger partial charge in [0.25, 0.3) is 0 Å². The molecule has 0 aromatic heterocycles. The van der Waals surface area contributed by atoms with E-state index in [1.54, 1.807) is 23.1 Å². The van der Waals surface area contributed by atoms with Crippen molar-refractivity contribution < 1.29 is 19.1 Å². The second-order valence-electron chi connectivity index (χ2n) is 8.48. The average molecular weight is 414 g/mol. The Hall–Kier alpha value is -2.59. The molecule has 0 bridgehead atoms. The topological polar surface area (TPSA) is 82.9 Å². The van der Waals surface area contributed by atoms with Crippen LogP contribution in [0.4, 0.5) is 0 Å². The molecule has 7 heteroatoms.